The molecular formula is C20H34O6. The van der Waals surface area contributed by atoms with Crippen LogP contribution in [0.1, 0.15) is 64.7 Å². The minimum absolute atomic E-state index is 0.145. The van der Waals surface area contributed by atoms with Gasteiger partial charge in [-0.15, -0.1) is 0 Å². The predicted octanol–water partition coefficient (Wildman–Crippen LogP) is 2.56. The molecule has 0 aromatic rings. The highest BCUT2D eigenvalue weighted by Gasteiger charge is 2.36. The van der Waals surface area contributed by atoms with Crippen molar-refractivity contribution in [1.29, 1.82) is 0 Å². The summed E-state index contributed by atoms with van der Waals surface area (Å²) >= 11 is 0. The molecule has 150 valence electrons. The molecule has 1 aliphatic heterocycles. The zero-order valence-corrected chi connectivity index (χ0v) is 15.7. The van der Waals surface area contributed by atoms with E-state index in [1.54, 1.807) is 0 Å². The van der Waals surface area contributed by atoms with Crippen LogP contribution in [0.4, 0.5) is 0 Å². The number of carbonyl (C=O) groups is 1. The van der Waals surface area contributed by atoms with Gasteiger partial charge in [-0.05, 0) is 25.7 Å². The van der Waals surface area contributed by atoms with Gasteiger partial charge in [0.05, 0.1) is 30.5 Å². The Kier molecular flexibility index (Phi) is 11.4. The van der Waals surface area contributed by atoms with Crippen LogP contribution in [-0.2, 0) is 9.53 Å². The maximum absolute atomic E-state index is 10.4. The van der Waals surface area contributed by atoms with E-state index in [0.717, 1.165) is 25.7 Å². The van der Waals surface area contributed by atoms with E-state index in [4.69, 9.17) is 9.84 Å². The molecule has 0 aromatic heterocycles. The topological polar surface area (TPSA) is 107 Å². The summed E-state index contributed by atoms with van der Waals surface area (Å²) in [5.41, 5.74) is 0. The van der Waals surface area contributed by atoms with Gasteiger partial charge in [0.15, 0.2) is 0 Å². The Morgan fingerprint density at radius 3 is 2.65 bits per heavy atom. The Hall–Kier alpha value is -1.21. The maximum atomic E-state index is 10.4. The van der Waals surface area contributed by atoms with E-state index in [2.05, 4.69) is 6.92 Å². The summed E-state index contributed by atoms with van der Waals surface area (Å²) in [6.45, 7) is 2.12. The Labute approximate surface area is 156 Å². The lowest BCUT2D eigenvalue weighted by atomic mass is 10.0. The third kappa shape index (κ3) is 9.48. The summed E-state index contributed by atoms with van der Waals surface area (Å²) in [6, 6.07) is 0. The molecule has 4 N–H and O–H groups in total. The summed E-state index contributed by atoms with van der Waals surface area (Å²) in [6.07, 6.45) is 10.2. The van der Waals surface area contributed by atoms with E-state index in [1.807, 2.05) is 12.2 Å². The van der Waals surface area contributed by atoms with Crippen molar-refractivity contribution in [2.24, 2.45) is 0 Å². The van der Waals surface area contributed by atoms with Gasteiger partial charge in [-0.3, -0.25) is 4.79 Å². The van der Waals surface area contributed by atoms with Crippen LogP contribution in [0.3, 0.4) is 0 Å². The van der Waals surface area contributed by atoms with Crippen molar-refractivity contribution < 1.29 is 30.0 Å². The van der Waals surface area contributed by atoms with Crippen molar-refractivity contribution in [2.45, 2.75) is 95.2 Å². The summed E-state index contributed by atoms with van der Waals surface area (Å²) in [4.78, 5) is 10.4. The van der Waals surface area contributed by atoms with Crippen molar-refractivity contribution in [3.8, 4) is 0 Å². The normalized spacial score (nSPS) is 25.9. The minimum atomic E-state index is -0.852. The molecule has 26 heavy (non-hydrogen) atoms. The van der Waals surface area contributed by atoms with E-state index in [1.165, 1.54) is 12.2 Å². The first kappa shape index (κ1) is 22.8. The second kappa shape index (κ2) is 13.0. The van der Waals surface area contributed by atoms with Crippen LogP contribution in [0, 0.1) is 0 Å². The van der Waals surface area contributed by atoms with E-state index in [9.17, 15) is 20.1 Å². The van der Waals surface area contributed by atoms with Gasteiger partial charge in [0.2, 0.25) is 0 Å². The van der Waals surface area contributed by atoms with Crippen molar-refractivity contribution in [3.63, 3.8) is 0 Å². The number of unbranched alkanes of at least 4 members (excludes halogenated alkanes) is 3. The summed E-state index contributed by atoms with van der Waals surface area (Å²) in [5.74, 6) is -0.804. The van der Waals surface area contributed by atoms with Gasteiger partial charge < -0.3 is 25.2 Å². The predicted molar refractivity (Wildman–Crippen MR) is 99.8 cm³/mol. The fraction of sp³-hybridized carbons (Fsp3) is 0.750. The van der Waals surface area contributed by atoms with Gasteiger partial charge in [-0.2, -0.15) is 0 Å². The lowest BCUT2D eigenvalue weighted by Gasteiger charge is -2.17. The summed E-state index contributed by atoms with van der Waals surface area (Å²) in [5, 5.41) is 38.7. The molecule has 0 bridgehead atoms. The molecule has 0 amide bonds. The average molecular weight is 370 g/mol. The first-order chi connectivity index (χ1) is 12.4. The first-order valence-corrected chi connectivity index (χ1v) is 9.68. The Balaban J connectivity index is 2.27. The highest BCUT2D eigenvalue weighted by Crippen LogP contribution is 2.27. The molecule has 0 saturated carbocycles. The summed E-state index contributed by atoms with van der Waals surface area (Å²) < 4.78 is 5.76. The number of hydrogen-bond acceptors (Lipinski definition) is 5. The lowest BCUT2D eigenvalue weighted by Crippen LogP contribution is -2.25. The van der Waals surface area contributed by atoms with Crippen molar-refractivity contribution in [1.82, 2.24) is 0 Å². The Bertz CT molecular complexity index is 448. The smallest absolute Gasteiger partial charge is 0.303 e. The molecule has 6 nitrogen and oxygen atoms in total. The number of allylic oxidation sites excluding steroid dienone is 1. The summed E-state index contributed by atoms with van der Waals surface area (Å²) in [7, 11) is 0. The van der Waals surface area contributed by atoms with Gasteiger partial charge in [-0.25, -0.2) is 0 Å². The van der Waals surface area contributed by atoms with Crippen molar-refractivity contribution in [3.05, 3.63) is 24.3 Å². The van der Waals surface area contributed by atoms with E-state index < -0.39 is 30.4 Å². The molecule has 5 atom stereocenters. The molecule has 1 saturated heterocycles. The van der Waals surface area contributed by atoms with E-state index in [0.29, 0.717) is 25.7 Å². The third-order valence-electron chi connectivity index (χ3n) is 4.56. The van der Waals surface area contributed by atoms with Crippen LogP contribution in [0.15, 0.2) is 24.3 Å². The van der Waals surface area contributed by atoms with Gasteiger partial charge in [0.1, 0.15) is 0 Å². The van der Waals surface area contributed by atoms with Crippen LogP contribution < -0.4 is 0 Å². The highest BCUT2D eigenvalue weighted by molar-refractivity contribution is 5.66. The maximum Gasteiger partial charge on any atom is 0.303 e. The van der Waals surface area contributed by atoms with Crippen molar-refractivity contribution >= 4 is 5.97 Å². The Morgan fingerprint density at radius 1 is 1.19 bits per heavy atom. The second-order valence-corrected chi connectivity index (χ2v) is 6.95. The fourth-order valence-electron chi connectivity index (χ4n) is 3.01. The molecule has 0 spiro atoms. The van der Waals surface area contributed by atoms with Gasteiger partial charge in [-0.1, -0.05) is 50.5 Å². The van der Waals surface area contributed by atoms with Gasteiger partial charge >= 0.3 is 5.97 Å². The number of carboxylic acids is 1. The molecule has 0 radical (unpaired) electrons. The van der Waals surface area contributed by atoms with Gasteiger partial charge in [0.25, 0.3) is 0 Å². The van der Waals surface area contributed by atoms with E-state index >= 15 is 0 Å². The first-order valence-electron chi connectivity index (χ1n) is 9.68. The largest absolute Gasteiger partial charge is 0.481 e. The molecule has 1 heterocycles. The number of rotatable bonds is 13. The number of aliphatic hydroxyl groups excluding tert-OH is 3. The third-order valence-corrected chi connectivity index (χ3v) is 4.56. The van der Waals surface area contributed by atoms with Crippen molar-refractivity contribution in [2.75, 3.05) is 0 Å². The van der Waals surface area contributed by atoms with Crippen LogP contribution in [0.2, 0.25) is 0 Å². The molecule has 1 aliphatic rings. The number of ether oxygens (including phenoxy) is 1. The van der Waals surface area contributed by atoms with Gasteiger partial charge in [0, 0.05) is 12.8 Å². The molecule has 6 heteroatoms. The number of carboxylic acid groups (broad SMARTS) is 1. The second-order valence-electron chi connectivity index (χ2n) is 6.95. The van der Waals surface area contributed by atoms with E-state index in [-0.39, 0.29) is 12.5 Å². The minimum Gasteiger partial charge on any atom is -0.481 e. The zero-order valence-electron chi connectivity index (χ0n) is 15.7. The highest BCUT2D eigenvalue weighted by atomic mass is 16.5. The zero-order chi connectivity index (χ0) is 19.4. The number of aliphatic hydroxyl groups is 3. The standard InChI is InChI=1S/C20H34O6/c1-2-3-6-10-18-17(23)14-19(26-18)16(22)13-12-15(21)9-7-4-5-8-11-20(24)25/h4,7,12-13,15-19,21-23H,2-3,5-6,8-11,14H2,1H3,(H,24,25)/b7-4-,13-12-/t15-,16-,17+,18+,19-/m0/s1. The molecule has 0 unspecified atom stereocenters. The van der Waals surface area contributed by atoms with Crippen LogP contribution in [0.5, 0.6) is 0 Å². The quantitative estimate of drug-likeness (QED) is 0.293. The Morgan fingerprint density at radius 2 is 1.96 bits per heavy atom. The van der Waals surface area contributed by atoms with Crippen LogP contribution in [0.25, 0.3) is 0 Å². The monoisotopic (exact) mass is 370 g/mol. The SMILES string of the molecule is CCCCC[C@H]1O[C@H]([C@@H](O)/C=C\[C@@H](O)C/C=C\CCCC(=O)O)C[C@H]1O. The lowest BCUT2D eigenvalue weighted by molar-refractivity contribution is -0.137. The molecule has 0 aliphatic carbocycles. The molecular weight excluding hydrogens is 336 g/mol. The molecule has 1 rings (SSSR count). The van der Waals surface area contributed by atoms with Crippen LogP contribution in [-0.4, -0.2) is 56.9 Å². The average Bonchev–Trinajstić information content (AvgIpc) is 2.97. The molecule has 1 fully saturated rings. The van der Waals surface area contributed by atoms with Crippen LogP contribution >= 0.6 is 0 Å². The fourth-order valence-corrected chi connectivity index (χ4v) is 3.01. The molecule has 0 aromatic carbocycles. The number of hydrogen-bond donors (Lipinski definition) is 4. The number of aliphatic carboxylic acids is 1.